The minimum Gasteiger partial charge on any atom is -0.508 e. The van der Waals surface area contributed by atoms with Gasteiger partial charge in [0.05, 0.1) is 5.69 Å². The molecule has 2 rings (SSSR count). The second kappa shape index (κ2) is 6.09. The van der Waals surface area contributed by atoms with Gasteiger partial charge >= 0.3 is 0 Å². The highest BCUT2D eigenvalue weighted by atomic mass is 16.3. The average Bonchev–Trinajstić information content (AvgIpc) is 2.42. The Balaban J connectivity index is 2.05. The molecule has 0 atom stereocenters. The fourth-order valence-corrected chi connectivity index (χ4v) is 1.87. The van der Waals surface area contributed by atoms with Gasteiger partial charge in [-0.25, -0.2) is 0 Å². The summed E-state index contributed by atoms with van der Waals surface area (Å²) in [7, 11) is 0. The van der Waals surface area contributed by atoms with Crippen LogP contribution in [-0.4, -0.2) is 9.67 Å². The van der Waals surface area contributed by atoms with Crippen LogP contribution in [-0.2, 0) is 13.1 Å². The Hall–Kier alpha value is -2.23. The first-order valence-corrected chi connectivity index (χ1v) is 6.41. The summed E-state index contributed by atoms with van der Waals surface area (Å²) < 4.78 is 1.71. The molecule has 1 aromatic heterocycles. The molecule has 0 amide bonds. The van der Waals surface area contributed by atoms with E-state index >= 15 is 0 Å². The van der Waals surface area contributed by atoms with E-state index in [1.807, 2.05) is 25.3 Å². The van der Waals surface area contributed by atoms with E-state index in [1.165, 1.54) is 0 Å². The lowest BCUT2D eigenvalue weighted by molar-refractivity contribution is 0.475. The lowest BCUT2D eigenvalue weighted by atomic mass is 10.2. The number of pyridine rings is 1. The van der Waals surface area contributed by atoms with Crippen molar-refractivity contribution in [3.63, 3.8) is 0 Å². The minimum absolute atomic E-state index is 0.0250. The van der Waals surface area contributed by atoms with Crippen molar-refractivity contribution < 1.29 is 5.11 Å². The maximum Gasteiger partial charge on any atom is 0.250 e. The molecule has 0 bridgehead atoms. The van der Waals surface area contributed by atoms with Gasteiger partial charge < -0.3 is 15.0 Å². The van der Waals surface area contributed by atoms with Crippen LogP contribution in [0.3, 0.4) is 0 Å². The van der Waals surface area contributed by atoms with Gasteiger partial charge in [-0.2, -0.15) is 0 Å². The Morgan fingerprint density at radius 3 is 2.58 bits per heavy atom. The van der Waals surface area contributed by atoms with Crippen LogP contribution in [0.25, 0.3) is 0 Å². The van der Waals surface area contributed by atoms with Gasteiger partial charge in [-0.05, 0) is 30.2 Å². The molecule has 0 radical (unpaired) electrons. The summed E-state index contributed by atoms with van der Waals surface area (Å²) in [5.74, 6) is 0.264. The zero-order valence-corrected chi connectivity index (χ0v) is 11.0. The molecule has 1 heterocycles. The van der Waals surface area contributed by atoms with E-state index in [4.69, 9.17) is 0 Å². The highest BCUT2D eigenvalue weighted by Crippen LogP contribution is 2.11. The summed E-state index contributed by atoms with van der Waals surface area (Å²) >= 11 is 0. The smallest absolute Gasteiger partial charge is 0.250 e. The molecule has 4 nitrogen and oxygen atoms in total. The predicted molar refractivity (Wildman–Crippen MR) is 76.4 cm³/mol. The number of nitrogens with zero attached hydrogens (tertiary/aromatic N) is 1. The molecule has 19 heavy (non-hydrogen) atoms. The Bertz CT molecular complexity index is 588. The molecule has 0 unspecified atom stereocenters. The fourth-order valence-electron chi connectivity index (χ4n) is 1.87. The van der Waals surface area contributed by atoms with Crippen molar-refractivity contribution in [1.82, 2.24) is 4.57 Å². The summed E-state index contributed by atoms with van der Waals surface area (Å²) in [6.45, 7) is 3.43. The summed E-state index contributed by atoms with van der Waals surface area (Å²) in [5, 5.41) is 12.5. The van der Waals surface area contributed by atoms with Crippen molar-refractivity contribution in [3.8, 4) is 5.75 Å². The molecule has 2 aromatic rings. The number of aromatic hydroxyl groups is 1. The third kappa shape index (κ3) is 3.61. The predicted octanol–water partition coefficient (Wildman–Crippen LogP) is 2.58. The molecule has 0 saturated heterocycles. The summed E-state index contributed by atoms with van der Waals surface area (Å²) in [5.41, 5.74) is 2.02. The molecule has 0 fully saturated rings. The molecular weight excluding hydrogens is 240 g/mol. The topological polar surface area (TPSA) is 54.3 Å². The quantitative estimate of drug-likeness (QED) is 0.866. The zero-order valence-electron chi connectivity index (χ0n) is 11.0. The third-order valence-corrected chi connectivity index (χ3v) is 2.88. The number of nitrogens with one attached hydrogen (secondary N) is 1. The number of rotatable bonds is 5. The molecule has 0 aliphatic carbocycles. The summed E-state index contributed by atoms with van der Waals surface area (Å²) in [4.78, 5) is 11.6. The van der Waals surface area contributed by atoms with E-state index in [9.17, 15) is 9.90 Å². The molecule has 100 valence electrons. The van der Waals surface area contributed by atoms with E-state index < -0.39 is 0 Å². The van der Waals surface area contributed by atoms with Crippen LogP contribution < -0.4 is 10.9 Å². The number of phenolic OH excluding ortho intramolecular Hbond substituents is 1. The molecule has 0 saturated carbocycles. The standard InChI is InChI=1S/C15H18N2O2/c1-2-9-17-11-13(5-8-15(17)19)16-10-12-3-6-14(18)7-4-12/h3-8,11,16,18H,2,9-10H2,1H3. The first-order valence-electron chi connectivity index (χ1n) is 6.41. The van der Waals surface area contributed by atoms with Crippen LogP contribution in [0.1, 0.15) is 18.9 Å². The number of benzene rings is 1. The first kappa shape index (κ1) is 13.2. The minimum atomic E-state index is 0.0250. The van der Waals surface area contributed by atoms with Gasteiger partial charge in [-0.3, -0.25) is 4.79 Å². The zero-order chi connectivity index (χ0) is 13.7. The van der Waals surface area contributed by atoms with Crippen LogP contribution in [0.15, 0.2) is 47.4 Å². The molecular formula is C15H18N2O2. The van der Waals surface area contributed by atoms with E-state index in [0.29, 0.717) is 6.54 Å². The number of aryl methyl sites for hydroxylation is 1. The normalized spacial score (nSPS) is 10.4. The number of anilines is 1. The molecule has 0 spiro atoms. The highest BCUT2D eigenvalue weighted by molar-refractivity contribution is 5.41. The van der Waals surface area contributed by atoms with E-state index in [1.54, 1.807) is 28.8 Å². The lowest BCUT2D eigenvalue weighted by Crippen LogP contribution is -2.18. The maximum atomic E-state index is 11.6. The van der Waals surface area contributed by atoms with Crippen LogP contribution in [0.4, 0.5) is 5.69 Å². The number of phenols is 1. The van der Waals surface area contributed by atoms with Crippen molar-refractivity contribution in [3.05, 3.63) is 58.5 Å². The van der Waals surface area contributed by atoms with Gasteiger partial charge in [0.1, 0.15) is 5.75 Å². The second-order valence-corrected chi connectivity index (χ2v) is 4.47. The van der Waals surface area contributed by atoms with Crippen LogP contribution in [0, 0.1) is 0 Å². The van der Waals surface area contributed by atoms with Gasteiger partial charge in [-0.15, -0.1) is 0 Å². The van der Waals surface area contributed by atoms with Crippen LogP contribution in [0.5, 0.6) is 5.75 Å². The first-order chi connectivity index (χ1) is 9.19. The van der Waals surface area contributed by atoms with E-state index in [-0.39, 0.29) is 11.3 Å². The van der Waals surface area contributed by atoms with Gasteiger partial charge in [0.2, 0.25) is 0 Å². The average molecular weight is 258 g/mol. The van der Waals surface area contributed by atoms with E-state index in [0.717, 1.165) is 24.2 Å². The second-order valence-electron chi connectivity index (χ2n) is 4.47. The third-order valence-electron chi connectivity index (χ3n) is 2.88. The van der Waals surface area contributed by atoms with Crippen molar-refractivity contribution in [2.45, 2.75) is 26.4 Å². The Labute approximate surface area is 112 Å². The van der Waals surface area contributed by atoms with E-state index in [2.05, 4.69) is 5.32 Å². The maximum absolute atomic E-state index is 11.6. The summed E-state index contributed by atoms with van der Waals surface area (Å²) in [6, 6.07) is 10.4. The Kier molecular flexibility index (Phi) is 4.23. The van der Waals surface area contributed by atoms with Crippen LogP contribution in [0.2, 0.25) is 0 Å². The highest BCUT2D eigenvalue weighted by Gasteiger charge is 1.98. The molecule has 0 aliphatic heterocycles. The van der Waals surface area contributed by atoms with Crippen molar-refractivity contribution in [1.29, 1.82) is 0 Å². The van der Waals surface area contributed by atoms with Crippen molar-refractivity contribution >= 4 is 5.69 Å². The number of hydrogen-bond acceptors (Lipinski definition) is 3. The Morgan fingerprint density at radius 2 is 1.89 bits per heavy atom. The van der Waals surface area contributed by atoms with Gasteiger partial charge in [0.25, 0.3) is 5.56 Å². The monoisotopic (exact) mass is 258 g/mol. The SMILES string of the molecule is CCCn1cc(NCc2ccc(O)cc2)ccc1=O. The van der Waals surface area contributed by atoms with Gasteiger partial charge in [0, 0.05) is 25.4 Å². The molecule has 2 N–H and O–H groups in total. The fraction of sp³-hybridized carbons (Fsp3) is 0.267. The van der Waals surface area contributed by atoms with Crippen LogP contribution >= 0.6 is 0 Å². The van der Waals surface area contributed by atoms with Gasteiger partial charge in [-0.1, -0.05) is 19.1 Å². The molecule has 0 aliphatic rings. The van der Waals surface area contributed by atoms with Gasteiger partial charge in [0.15, 0.2) is 0 Å². The number of aromatic nitrogens is 1. The molecule has 4 heteroatoms. The largest absolute Gasteiger partial charge is 0.508 e. The Morgan fingerprint density at radius 1 is 1.16 bits per heavy atom. The lowest BCUT2D eigenvalue weighted by Gasteiger charge is -2.09. The number of hydrogen-bond donors (Lipinski definition) is 2. The van der Waals surface area contributed by atoms with Crippen molar-refractivity contribution in [2.75, 3.05) is 5.32 Å². The van der Waals surface area contributed by atoms with Crippen molar-refractivity contribution in [2.24, 2.45) is 0 Å². The molecule has 1 aromatic carbocycles. The summed E-state index contributed by atoms with van der Waals surface area (Å²) in [6.07, 6.45) is 2.77.